The molecule has 2 aromatic heterocycles. The average Bonchev–Trinajstić information content (AvgIpc) is 2.77. The number of benzene rings is 1. The summed E-state index contributed by atoms with van der Waals surface area (Å²) in [7, 11) is 0. The van der Waals surface area contributed by atoms with Crippen LogP contribution >= 0.6 is 11.8 Å². The molecule has 0 spiro atoms. The zero-order valence-electron chi connectivity index (χ0n) is 18.3. The Hall–Kier alpha value is -3.26. The van der Waals surface area contributed by atoms with Crippen LogP contribution in [0, 0.1) is 11.2 Å². The van der Waals surface area contributed by atoms with E-state index in [-0.39, 0.29) is 22.6 Å². The van der Waals surface area contributed by atoms with Gasteiger partial charge in [-0.1, -0.05) is 43.8 Å². The van der Waals surface area contributed by atoms with Gasteiger partial charge in [0.2, 0.25) is 0 Å². The van der Waals surface area contributed by atoms with Crippen molar-refractivity contribution in [2.24, 2.45) is 5.41 Å². The summed E-state index contributed by atoms with van der Waals surface area (Å²) in [6.07, 6.45) is 4.43. The molecule has 0 fully saturated rings. The van der Waals surface area contributed by atoms with E-state index in [2.05, 4.69) is 34.1 Å². The first-order valence-corrected chi connectivity index (χ1v) is 11.7. The molecule has 168 valence electrons. The minimum Gasteiger partial charge on any atom is -0.343 e. The highest BCUT2D eigenvalue weighted by Crippen LogP contribution is 2.47. The number of H-pyrrole nitrogens is 1. The number of aromatic nitrogens is 3. The number of pyridine rings is 1. The van der Waals surface area contributed by atoms with Crippen LogP contribution in [0.5, 0.6) is 0 Å². The maximum absolute atomic E-state index is 14.0. The molecule has 3 heterocycles. The number of thioether (sulfide) groups is 1. The Labute approximate surface area is 194 Å². The van der Waals surface area contributed by atoms with E-state index in [0.717, 1.165) is 11.3 Å². The van der Waals surface area contributed by atoms with E-state index < -0.39 is 5.92 Å². The van der Waals surface area contributed by atoms with Crippen molar-refractivity contribution in [2.45, 2.75) is 43.5 Å². The lowest BCUT2D eigenvalue weighted by molar-refractivity contribution is -0.118. The maximum Gasteiger partial charge on any atom is 0.257 e. The number of carbonyl (C=O) groups excluding carboxylic acids is 1. The monoisotopic (exact) mass is 462 g/mol. The molecule has 8 heteroatoms. The summed E-state index contributed by atoms with van der Waals surface area (Å²) in [5.74, 6) is 0.0184. The standard InChI is InChI=1S/C25H23FN4O2S/c1-25(2)11-17-20(18(31)12-25)19(14-7-9-27-10-8-14)21-22(28-17)29-24(30-23(21)32)33-13-15-5-3-4-6-16(15)26/h3-10,19H,11-13H2,1-2H3,(H2,28,29,30,32). The van der Waals surface area contributed by atoms with E-state index in [1.165, 1.54) is 17.8 Å². The highest BCUT2D eigenvalue weighted by molar-refractivity contribution is 7.98. The van der Waals surface area contributed by atoms with E-state index >= 15 is 0 Å². The van der Waals surface area contributed by atoms with Crippen molar-refractivity contribution in [2.75, 3.05) is 5.32 Å². The van der Waals surface area contributed by atoms with Crippen molar-refractivity contribution in [3.63, 3.8) is 0 Å². The first-order chi connectivity index (χ1) is 15.8. The van der Waals surface area contributed by atoms with Gasteiger partial charge in [0.1, 0.15) is 11.6 Å². The Morgan fingerprint density at radius 2 is 1.88 bits per heavy atom. The average molecular weight is 463 g/mol. The number of carbonyl (C=O) groups is 1. The van der Waals surface area contributed by atoms with E-state index in [1.54, 1.807) is 30.6 Å². The molecule has 1 aliphatic carbocycles. The van der Waals surface area contributed by atoms with Crippen LogP contribution in [0.4, 0.5) is 10.2 Å². The molecule has 0 saturated carbocycles. The Bertz CT molecular complexity index is 1330. The smallest absolute Gasteiger partial charge is 0.257 e. The number of hydrogen-bond donors (Lipinski definition) is 2. The Morgan fingerprint density at radius 1 is 1.12 bits per heavy atom. The van der Waals surface area contributed by atoms with E-state index in [0.29, 0.717) is 46.3 Å². The summed E-state index contributed by atoms with van der Waals surface area (Å²) >= 11 is 1.26. The number of allylic oxidation sites excluding steroid dienone is 2. The van der Waals surface area contributed by atoms with Crippen molar-refractivity contribution < 1.29 is 9.18 Å². The van der Waals surface area contributed by atoms with Crippen molar-refractivity contribution in [3.8, 4) is 0 Å². The molecule has 1 unspecified atom stereocenters. The summed E-state index contributed by atoms with van der Waals surface area (Å²) in [4.78, 5) is 38.1. The lowest BCUT2D eigenvalue weighted by Gasteiger charge is -2.38. The van der Waals surface area contributed by atoms with Crippen LogP contribution < -0.4 is 10.9 Å². The molecular formula is C25H23FN4O2S. The minimum atomic E-state index is -0.510. The van der Waals surface area contributed by atoms with Crippen LogP contribution in [0.1, 0.15) is 49.3 Å². The molecule has 1 atom stereocenters. The van der Waals surface area contributed by atoms with Crippen LogP contribution in [0.15, 0.2) is 70.0 Å². The quantitative estimate of drug-likeness (QED) is 0.428. The highest BCUT2D eigenvalue weighted by atomic mass is 32.2. The Kier molecular flexibility index (Phi) is 5.40. The highest BCUT2D eigenvalue weighted by Gasteiger charge is 2.42. The van der Waals surface area contributed by atoms with Gasteiger partial charge in [0.05, 0.1) is 5.56 Å². The second-order valence-electron chi connectivity index (χ2n) is 9.19. The van der Waals surface area contributed by atoms with Gasteiger partial charge in [-0.05, 0) is 41.2 Å². The molecular weight excluding hydrogens is 439 g/mol. The van der Waals surface area contributed by atoms with Gasteiger partial charge in [-0.15, -0.1) is 0 Å². The largest absolute Gasteiger partial charge is 0.343 e. The second-order valence-corrected chi connectivity index (χ2v) is 10.1. The summed E-state index contributed by atoms with van der Waals surface area (Å²) in [5, 5.41) is 3.70. The van der Waals surface area contributed by atoms with Crippen LogP contribution in [-0.2, 0) is 10.5 Å². The molecule has 5 rings (SSSR count). The third-order valence-electron chi connectivity index (χ3n) is 6.06. The number of nitrogens with one attached hydrogen (secondary N) is 2. The number of hydrogen-bond acceptors (Lipinski definition) is 6. The number of anilines is 1. The zero-order chi connectivity index (χ0) is 23.2. The van der Waals surface area contributed by atoms with E-state index in [9.17, 15) is 14.0 Å². The van der Waals surface area contributed by atoms with Gasteiger partial charge in [0, 0.05) is 41.8 Å². The summed E-state index contributed by atoms with van der Waals surface area (Å²) in [6, 6.07) is 10.2. The zero-order valence-corrected chi connectivity index (χ0v) is 19.1. The summed E-state index contributed by atoms with van der Waals surface area (Å²) < 4.78 is 14.0. The second kappa shape index (κ2) is 8.26. The SMILES string of the molecule is CC1(C)CC(=O)C2=C(C1)Nc1nc(SCc3ccccc3F)[nH]c(=O)c1C2c1ccncc1. The first-order valence-electron chi connectivity index (χ1n) is 10.8. The number of rotatable bonds is 4. The third-order valence-corrected chi connectivity index (χ3v) is 6.98. The Balaban J connectivity index is 1.58. The van der Waals surface area contributed by atoms with Crippen LogP contribution in [0.2, 0.25) is 0 Å². The number of nitrogens with zero attached hydrogens (tertiary/aromatic N) is 2. The number of halogens is 1. The number of aromatic amines is 1. The van der Waals surface area contributed by atoms with Crippen molar-refractivity contribution in [1.29, 1.82) is 0 Å². The van der Waals surface area contributed by atoms with Crippen molar-refractivity contribution >= 4 is 23.4 Å². The number of ketones is 1. The molecule has 1 aromatic carbocycles. The molecule has 0 amide bonds. The molecule has 3 aromatic rings. The van der Waals surface area contributed by atoms with Crippen LogP contribution in [0.25, 0.3) is 0 Å². The molecule has 33 heavy (non-hydrogen) atoms. The first kappa shape index (κ1) is 21.6. The lowest BCUT2D eigenvalue weighted by atomic mass is 9.69. The normalized spacial score (nSPS) is 19.0. The fourth-order valence-corrected chi connectivity index (χ4v) is 5.46. The molecule has 2 aliphatic rings. The predicted molar refractivity (Wildman–Crippen MR) is 126 cm³/mol. The topological polar surface area (TPSA) is 87.7 Å². The van der Waals surface area contributed by atoms with Gasteiger partial charge in [-0.2, -0.15) is 0 Å². The fraction of sp³-hybridized carbons (Fsp3) is 0.280. The van der Waals surface area contributed by atoms with Crippen LogP contribution in [-0.4, -0.2) is 20.7 Å². The minimum absolute atomic E-state index is 0.0404. The molecule has 0 bridgehead atoms. The predicted octanol–water partition coefficient (Wildman–Crippen LogP) is 4.80. The maximum atomic E-state index is 14.0. The summed E-state index contributed by atoms with van der Waals surface area (Å²) in [6.45, 7) is 4.13. The van der Waals surface area contributed by atoms with Gasteiger partial charge in [-0.3, -0.25) is 14.6 Å². The van der Waals surface area contributed by atoms with Crippen molar-refractivity contribution in [3.05, 3.63) is 92.9 Å². The molecule has 0 saturated heterocycles. The molecule has 2 N–H and O–H groups in total. The van der Waals surface area contributed by atoms with E-state index in [4.69, 9.17) is 0 Å². The van der Waals surface area contributed by atoms with Gasteiger partial charge < -0.3 is 10.3 Å². The molecule has 6 nitrogen and oxygen atoms in total. The summed E-state index contributed by atoms with van der Waals surface area (Å²) in [5.41, 5.74) is 2.73. The lowest BCUT2D eigenvalue weighted by Crippen LogP contribution is -2.37. The van der Waals surface area contributed by atoms with Crippen molar-refractivity contribution in [1.82, 2.24) is 15.0 Å². The van der Waals surface area contributed by atoms with Crippen LogP contribution in [0.3, 0.4) is 0 Å². The van der Waals surface area contributed by atoms with Gasteiger partial charge in [-0.25, -0.2) is 9.37 Å². The fourth-order valence-electron chi connectivity index (χ4n) is 4.61. The van der Waals surface area contributed by atoms with Gasteiger partial charge in [0.15, 0.2) is 10.9 Å². The van der Waals surface area contributed by atoms with Gasteiger partial charge in [0.25, 0.3) is 5.56 Å². The van der Waals surface area contributed by atoms with Gasteiger partial charge >= 0.3 is 0 Å². The Morgan fingerprint density at radius 3 is 2.64 bits per heavy atom. The molecule has 1 aliphatic heterocycles. The third kappa shape index (κ3) is 4.11. The molecule has 0 radical (unpaired) electrons. The van der Waals surface area contributed by atoms with E-state index in [1.807, 2.05) is 12.1 Å². The number of fused-ring (bicyclic) bond motifs is 1. The number of Topliss-reactive ketones (excluding diaryl/α,β-unsaturated/α-hetero) is 1.